The number of aliphatic hydroxyl groups is 2. The number of hydrogen-bond acceptors (Lipinski definition) is 5. The van der Waals surface area contributed by atoms with Crippen LogP contribution in [0.4, 0.5) is 0 Å². The largest absolute Gasteiger partial charge is 0.508 e. The van der Waals surface area contributed by atoms with E-state index in [1.165, 1.54) is 0 Å². The topological polar surface area (TPSA) is 107 Å². The monoisotopic (exact) mass is 308 g/mol. The van der Waals surface area contributed by atoms with Gasteiger partial charge in [0.15, 0.2) is 6.10 Å². The molecule has 22 heavy (non-hydrogen) atoms. The van der Waals surface area contributed by atoms with E-state index in [1.807, 2.05) is 19.1 Å². The van der Waals surface area contributed by atoms with Gasteiger partial charge < -0.3 is 26.0 Å². The molecule has 1 aliphatic rings. The van der Waals surface area contributed by atoms with E-state index in [1.54, 1.807) is 11.0 Å². The Balaban J connectivity index is 1.97. The predicted octanol–water partition coefficient (Wildman–Crippen LogP) is 0.292. The lowest BCUT2D eigenvalue weighted by Gasteiger charge is -2.35. The number of aliphatic hydroxyl groups excluding tert-OH is 2. The molecule has 0 radical (unpaired) electrons. The number of carbonyl (C=O) groups is 1. The van der Waals surface area contributed by atoms with Crippen LogP contribution in [0.1, 0.15) is 30.0 Å². The molecule has 2 unspecified atom stereocenters. The molecular weight excluding hydrogens is 284 g/mol. The normalized spacial score (nSPS) is 19.0. The number of rotatable bonds is 4. The average Bonchev–Trinajstić information content (AvgIpc) is 2.53. The van der Waals surface area contributed by atoms with Gasteiger partial charge in [0.2, 0.25) is 0 Å². The van der Waals surface area contributed by atoms with Crippen LogP contribution >= 0.6 is 0 Å². The zero-order valence-corrected chi connectivity index (χ0v) is 12.8. The van der Waals surface area contributed by atoms with Crippen LogP contribution in [0.15, 0.2) is 18.2 Å². The highest BCUT2D eigenvalue weighted by molar-refractivity contribution is 5.80. The number of piperidine rings is 1. The molecule has 0 aliphatic carbocycles. The molecule has 0 saturated carbocycles. The highest BCUT2D eigenvalue weighted by atomic mass is 16.3. The zero-order chi connectivity index (χ0) is 16.3. The maximum atomic E-state index is 11.8. The fraction of sp³-hybridized carbons (Fsp3) is 0.562. The van der Waals surface area contributed by atoms with Gasteiger partial charge in [0.25, 0.3) is 5.91 Å². The second-order valence-corrected chi connectivity index (χ2v) is 5.95. The number of carbonyl (C=O) groups excluding carboxylic acids is 1. The first-order valence-electron chi connectivity index (χ1n) is 7.57. The molecule has 0 bridgehead atoms. The van der Waals surface area contributed by atoms with E-state index >= 15 is 0 Å². The number of likely N-dealkylation sites (tertiary alicyclic amines) is 1. The number of phenolic OH excluding ortho intramolecular Hbond substituents is 1. The van der Waals surface area contributed by atoms with Gasteiger partial charge in [-0.25, -0.2) is 0 Å². The van der Waals surface area contributed by atoms with Crippen molar-refractivity contribution in [3.63, 3.8) is 0 Å². The molecule has 1 fully saturated rings. The molecule has 1 heterocycles. The van der Waals surface area contributed by atoms with Crippen molar-refractivity contribution in [1.82, 2.24) is 4.90 Å². The molecule has 2 rings (SSSR count). The van der Waals surface area contributed by atoms with Crippen molar-refractivity contribution in [2.24, 2.45) is 11.7 Å². The third-order valence-corrected chi connectivity index (χ3v) is 4.36. The SMILES string of the molecule is Cc1ccc(C(N)C2CCN(C(=O)C(O)CO)CC2)c(O)c1. The summed E-state index contributed by atoms with van der Waals surface area (Å²) < 4.78 is 0. The van der Waals surface area contributed by atoms with Gasteiger partial charge in [0.05, 0.1) is 6.61 Å². The van der Waals surface area contributed by atoms with Crippen molar-refractivity contribution in [1.29, 1.82) is 0 Å². The fourth-order valence-electron chi connectivity index (χ4n) is 2.96. The summed E-state index contributed by atoms with van der Waals surface area (Å²) in [5.74, 6) is -0.0571. The number of amides is 1. The molecule has 1 aliphatic heterocycles. The number of nitrogens with zero attached hydrogens (tertiary/aromatic N) is 1. The first-order chi connectivity index (χ1) is 10.4. The van der Waals surface area contributed by atoms with E-state index in [4.69, 9.17) is 10.8 Å². The number of aromatic hydroxyl groups is 1. The lowest BCUT2D eigenvalue weighted by molar-refractivity contribution is -0.143. The van der Waals surface area contributed by atoms with Gasteiger partial charge in [-0.2, -0.15) is 0 Å². The summed E-state index contributed by atoms with van der Waals surface area (Å²) in [6, 6.07) is 5.19. The minimum atomic E-state index is -1.34. The Morgan fingerprint density at radius 3 is 2.59 bits per heavy atom. The summed E-state index contributed by atoms with van der Waals surface area (Å²) in [5, 5.41) is 28.3. The maximum Gasteiger partial charge on any atom is 0.253 e. The second kappa shape index (κ2) is 7.09. The quantitative estimate of drug-likeness (QED) is 0.640. The summed E-state index contributed by atoms with van der Waals surface area (Å²) in [6.45, 7) is 2.35. The molecule has 1 aromatic rings. The molecular formula is C16H24N2O4. The smallest absolute Gasteiger partial charge is 0.253 e. The fourth-order valence-corrected chi connectivity index (χ4v) is 2.96. The highest BCUT2D eigenvalue weighted by Gasteiger charge is 2.30. The molecule has 1 aromatic carbocycles. The van der Waals surface area contributed by atoms with Crippen LogP contribution in [0.2, 0.25) is 0 Å². The van der Waals surface area contributed by atoms with Crippen LogP contribution in [0.3, 0.4) is 0 Å². The lowest BCUT2D eigenvalue weighted by atomic mass is 9.85. The minimum absolute atomic E-state index is 0.170. The third kappa shape index (κ3) is 3.58. The summed E-state index contributed by atoms with van der Waals surface area (Å²) >= 11 is 0. The predicted molar refractivity (Wildman–Crippen MR) is 82.2 cm³/mol. The Morgan fingerprint density at radius 2 is 2.05 bits per heavy atom. The molecule has 5 N–H and O–H groups in total. The molecule has 0 spiro atoms. The number of nitrogens with two attached hydrogens (primary N) is 1. The highest BCUT2D eigenvalue weighted by Crippen LogP contribution is 2.33. The number of aryl methyl sites for hydroxylation is 1. The first kappa shape index (κ1) is 16.7. The number of hydrogen-bond donors (Lipinski definition) is 4. The van der Waals surface area contributed by atoms with Crippen molar-refractivity contribution in [2.45, 2.75) is 31.9 Å². The molecule has 1 amide bonds. The lowest BCUT2D eigenvalue weighted by Crippen LogP contribution is -2.46. The van der Waals surface area contributed by atoms with E-state index in [2.05, 4.69) is 0 Å². The second-order valence-electron chi connectivity index (χ2n) is 5.95. The van der Waals surface area contributed by atoms with Crippen molar-refractivity contribution < 1.29 is 20.1 Å². The standard InChI is InChI=1S/C16H24N2O4/c1-10-2-3-12(13(20)8-10)15(17)11-4-6-18(7-5-11)16(22)14(21)9-19/h2-3,8,11,14-15,19-21H,4-7,9,17H2,1H3. The minimum Gasteiger partial charge on any atom is -0.508 e. The zero-order valence-electron chi connectivity index (χ0n) is 12.8. The van der Waals surface area contributed by atoms with Crippen LogP contribution in [0.5, 0.6) is 5.75 Å². The van der Waals surface area contributed by atoms with Crippen molar-refractivity contribution in [3.05, 3.63) is 29.3 Å². The maximum absolute atomic E-state index is 11.8. The van der Waals surface area contributed by atoms with Gasteiger partial charge >= 0.3 is 0 Å². The Morgan fingerprint density at radius 1 is 1.41 bits per heavy atom. The van der Waals surface area contributed by atoms with Gasteiger partial charge in [-0.1, -0.05) is 12.1 Å². The Bertz CT molecular complexity index is 527. The Kier molecular flexibility index (Phi) is 5.39. The van der Waals surface area contributed by atoms with Gasteiger partial charge in [-0.3, -0.25) is 4.79 Å². The van der Waals surface area contributed by atoms with Gasteiger partial charge in [0.1, 0.15) is 5.75 Å². The summed E-state index contributed by atoms with van der Waals surface area (Å²) in [6.07, 6.45) is 0.0721. The third-order valence-electron chi connectivity index (χ3n) is 4.36. The summed E-state index contributed by atoms with van der Waals surface area (Å²) in [7, 11) is 0. The van der Waals surface area contributed by atoms with Crippen LogP contribution in [-0.4, -0.2) is 51.9 Å². The van der Waals surface area contributed by atoms with E-state index in [0.29, 0.717) is 25.9 Å². The molecule has 2 atom stereocenters. The van der Waals surface area contributed by atoms with E-state index in [9.17, 15) is 15.0 Å². The van der Waals surface area contributed by atoms with Crippen LogP contribution in [0.25, 0.3) is 0 Å². The number of phenols is 1. The average molecular weight is 308 g/mol. The first-order valence-corrected chi connectivity index (χ1v) is 7.57. The molecule has 1 saturated heterocycles. The van der Waals surface area contributed by atoms with E-state index in [0.717, 1.165) is 11.1 Å². The molecule has 6 nitrogen and oxygen atoms in total. The van der Waals surface area contributed by atoms with Crippen LogP contribution in [0, 0.1) is 12.8 Å². The van der Waals surface area contributed by atoms with Crippen molar-refractivity contribution in [3.8, 4) is 5.75 Å². The van der Waals surface area contributed by atoms with Gasteiger partial charge in [-0.05, 0) is 37.3 Å². The summed E-state index contributed by atoms with van der Waals surface area (Å²) in [5.41, 5.74) is 7.98. The van der Waals surface area contributed by atoms with E-state index in [-0.39, 0.29) is 17.7 Å². The van der Waals surface area contributed by atoms with Crippen molar-refractivity contribution >= 4 is 5.91 Å². The van der Waals surface area contributed by atoms with Crippen LogP contribution < -0.4 is 5.73 Å². The van der Waals surface area contributed by atoms with E-state index < -0.39 is 18.6 Å². The number of benzene rings is 1. The van der Waals surface area contributed by atoms with Crippen molar-refractivity contribution in [2.75, 3.05) is 19.7 Å². The molecule has 122 valence electrons. The molecule has 6 heteroatoms. The van der Waals surface area contributed by atoms with Gasteiger partial charge in [-0.15, -0.1) is 0 Å². The van der Waals surface area contributed by atoms with Crippen LogP contribution in [-0.2, 0) is 4.79 Å². The Labute approximate surface area is 130 Å². The Hall–Kier alpha value is -1.63. The van der Waals surface area contributed by atoms with Gasteiger partial charge in [0, 0.05) is 24.7 Å². The molecule has 0 aromatic heterocycles. The summed E-state index contributed by atoms with van der Waals surface area (Å²) in [4.78, 5) is 13.4.